The van der Waals surface area contributed by atoms with Crippen LogP contribution in [0.5, 0.6) is 5.75 Å². The first-order chi connectivity index (χ1) is 15.0. The Bertz CT molecular complexity index is 1080. The number of benzene rings is 2. The van der Waals surface area contributed by atoms with E-state index in [9.17, 15) is 23.4 Å². The summed E-state index contributed by atoms with van der Waals surface area (Å²) in [5.41, 5.74) is -0.809. The molecule has 0 radical (unpaired) electrons. The molecule has 1 saturated carbocycles. The lowest BCUT2D eigenvalue weighted by Gasteiger charge is -2.40. The summed E-state index contributed by atoms with van der Waals surface area (Å²) in [5, 5.41) is 21.6. The van der Waals surface area contributed by atoms with Crippen molar-refractivity contribution in [3.8, 4) is 27.4 Å². The highest BCUT2D eigenvalue weighted by atomic mass is 32.1. The molecule has 2 N–H and O–H groups in total. The Morgan fingerprint density at radius 3 is 2.00 bits per heavy atom. The smallest absolute Gasteiger partial charge is 0.417 e. The monoisotopic (exact) mass is 463 g/mol. The van der Waals surface area contributed by atoms with Gasteiger partial charge in [-0.2, -0.15) is 13.2 Å². The second-order valence-corrected chi connectivity index (χ2v) is 9.35. The first-order valence-corrected chi connectivity index (χ1v) is 11.1. The number of halogens is 3. The van der Waals surface area contributed by atoms with Gasteiger partial charge >= 0.3 is 6.18 Å². The SMILES string of the molecule is COc1ccc(-c2nc([C@]3(O)CC[C@](O)(C(F)(F)F)CC3)sc2-c2ccc(C)cc2)cc1. The van der Waals surface area contributed by atoms with Crippen LogP contribution in [0.15, 0.2) is 48.5 Å². The van der Waals surface area contributed by atoms with Crippen LogP contribution in [-0.4, -0.2) is 34.1 Å². The molecule has 0 amide bonds. The molecule has 0 atom stereocenters. The zero-order valence-corrected chi connectivity index (χ0v) is 18.6. The number of aliphatic hydroxyl groups is 2. The van der Waals surface area contributed by atoms with Gasteiger partial charge in [0.1, 0.15) is 16.4 Å². The number of nitrogens with zero attached hydrogens (tertiary/aromatic N) is 1. The van der Waals surface area contributed by atoms with Gasteiger partial charge < -0.3 is 14.9 Å². The molecule has 1 fully saturated rings. The Balaban J connectivity index is 1.74. The quantitative estimate of drug-likeness (QED) is 0.510. The first kappa shape index (κ1) is 22.8. The molecule has 0 spiro atoms. The molecule has 4 nitrogen and oxygen atoms in total. The molecule has 0 bridgehead atoms. The topological polar surface area (TPSA) is 62.6 Å². The van der Waals surface area contributed by atoms with Crippen molar-refractivity contribution in [2.45, 2.75) is 50.0 Å². The summed E-state index contributed by atoms with van der Waals surface area (Å²) in [6, 6.07) is 15.2. The standard InChI is InChI=1S/C24H24F3NO3S/c1-15-3-5-17(6-4-15)20-19(16-7-9-18(31-2)10-8-16)28-21(32-20)22(29)11-13-23(30,14-12-22)24(25,26)27/h3-10,29-30H,11-14H2,1-2H3/t22-,23+. The maximum absolute atomic E-state index is 13.2. The summed E-state index contributed by atoms with van der Waals surface area (Å²) in [6.45, 7) is 1.98. The number of aromatic nitrogens is 1. The number of rotatable bonds is 4. The number of aryl methyl sites for hydroxylation is 1. The van der Waals surface area contributed by atoms with Gasteiger partial charge in [-0.1, -0.05) is 29.8 Å². The van der Waals surface area contributed by atoms with Crippen LogP contribution in [-0.2, 0) is 5.60 Å². The second-order valence-electron chi connectivity index (χ2n) is 8.35. The molecule has 32 heavy (non-hydrogen) atoms. The highest BCUT2D eigenvalue weighted by Crippen LogP contribution is 2.50. The molecule has 1 aromatic heterocycles. The van der Waals surface area contributed by atoms with Crippen molar-refractivity contribution >= 4 is 11.3 Å². The number of methoxy groups -OCH3 is 1. The Morgan fingerprint density at radius 2 is 1.47 bits per heavy atom. The first-order valence-electron chi connectivity index (χ1n) is 10.3. The summed E-state index contributed by atoms with van der Waals surface area (Å²) in [7, 11) is 1.58. The highest BCUT2D eigenvalue weighted by molar-refractivity contribution is 7.15. The summed E-state index contributed by atoms with van der Waals surface area (Å²) in [4.78, 5) is 5.53. The van der Waals surface area contributed by atoms with Crippen molar-refractivity contribution in [1.82, 2.24) is 4.98 Å². The van der Waals surface area contributed by atoms with E-state index in [1.54, 1.807) is 7.11 Å². The van der Waals surface area contributed by atoms with Gasteiger partial charge in [-0.25, -0.2) is 4.98 Å². The molecular weight excluding hydrogens is 439 g/mol. The van der Waals surface area contributed by atoms with Crippen LogP contribution < -0.4 is 4.74 Å². The van der Waals surface area contributed by atoms with E-state index in [1.165, 1.54) is 11.3 Å². The van der Waals surface area contributed by atoms with Gasteiger partial charge in [-0.05, 0) is 62.4 Å². The van der Waals surface area contributed by atoms with E-state index in [4.69, 9.17) is 9.72 Å². The van der Waals surface area contributed by atoms with Crippen LogP contribution >= 0.6 is 11.3 Å². The van der Waals surface area contributed by atoms with Crippen LogP contribution in [0, 0.1) is 6.92 Å². The fraction of sp³-hybridized carbons (Fsp3) is 0.375. The van der Waals surface area contributed by atoms with Crippen molar-refractivity contribution in [1.29, 1.82) is 0 Å². The molecule has 0 saturated heterocycles. The van der Waals surface area contributed by atoms with Gasteiger partial charge in [0.2, 0.25) is 0 Å². The van der Waals surface area contributed by atoms with Crippen LogP contribution in [0.1, 0.15) is 36.3 Å². The molecule has 0 unspecified atom stereocenters. The summed E-state index contributed by atoms with van der Waals surface area (Å²) < 4.78 is 44.9. The fourth-order valence-corrected chi connectivity index (χ4v) is 5.18. The molecule has 1 aliphatic carbocycles. The largest absolute Gasteiger partial charge is 0.497 e. The Labute approximate surface area is 188 Å². The van der Waals surface area contributed by atoms with E-state index in [-0.39, 0.29) is 12.8 Å². The molecule has 1 aliphatic rings. The van der Waals surface area contributed by atoms with Gasteiger partial charge in [-0.3, -0.25) is 0 Å². The number of hydrogen-bond acceptors (Lipinski definition) is 5. The van der Waals surface area contributed by atoms with E-state index < -0.39 is 30.2 Å². The third-order valence-electron chi connectivity index (χ3n) is 6.13. The third kappa shape index (κ3) is 4.14. The molecule has 2 aromatic carbocycles. The summed E-state index contributed by atoms with van der Waals surface area (Å²) in [6.07, 6.45) is -6.29. The minimum Gasteiger partial charge on any atom is -0.497 e. The zero-order valence-electron chi connectivity index (χ0n) is 17.7. The Hall–Kier alpha value is -2.42. The van der Waals surface area contributed by atoms with Crippen molar-refractivity contribution < 1.29 is 28.1 Å². The maximum atomic E-state index is 13.2. The van der Waals surface area contributed by atoms with E-state index in [0.29, 0.717) is 16.5 Å². The van der Waals surface area contributed by atoms with Gasteiger partial charge in [-0.15, -0.1) is 11.3 Å². The van der Waals surface area contributed by atoms with Crippen molar-refractivity contribution in [3.05, 3.63) is 59.1 Å². The van der Waals surface area contributed by atoms with Crippen LogP contribution in [0.25, 0.3) is 21.7 Å². The van der Waals surface area contributed by atoms with Crippen LogP contribution in [0.3, 0.4) is 0 Å². The highest BCUT2D eigenvalue weighted by Gasteiger charge is 2.57. The minimum atomic E-state index is -4.72. The number of hydrogen-bond donors (Lipinski definition) is 2. The minimum absolute atomic E-state index is 0.216. The predicted molar refractivity (Wildman–Crippen MR) is 118 cm³/mol. The fourth-order valence-electron chi connectivity index (χ4n) is 3.94. The van der Waals surface area contributed by atoms with Crippen molar-refractivity contribution in [3.63, 3.8) is 0 Å². The Kier molecular flexibility index (Phi) is 5.81. The van der Waals surface area contributed by atoms with Gasteiger partial charge in [0.05, 0.1) is 17.7 Å². The summed E-state index contributed by atoms with van der Waals surface area (Å²) in [5.74, 6) is 0.693. The molecular formula is C24H24F3NO3S. The molecule has 1 heterocycles. The molecule has 0 aliphatic heterocycles. The normalized spacial score (nSPS) is 23.8. The molecule has 3 aromatic rings. The van der Waals surface area contributed by atoms with Crippen molar-refractivity contribution in [2.75, 3.05) is 7.11 Å². The van der Waals surface area contributed by atoms with Gasteiger partial charge in [0, 0.05) is 5.56 Å². The lowest BCUT2D eigenvalue weighted by Crippen LogP contribution is -2.50. The lowest BCUT2D eigenvalue weighted by atomic mass is 9.76. The zero-order chi connectivity index (χ0) is 23.1. The molecule has 170 valence electrons. The van der Waals surface area contributed by atoms with Gasteiger partial charge in [0.25, 0.3) is 0 Å². The summed E-state index contributed by atoms with van der Waals surface area (Å²) >= 11 is 1.28. The van der Waals surface area contributed by atoms with Crippen molar-refractivity contribution in [2.24, 2.45) is 0 Å². The number of alkyl halides is 3. The maximum Gasteiger partial charge on any atom is 0.417 e. The van der Waals surface area contributed by atoms with E-state index >= 15 is 0 Å². The van der Waals surface area contributed by atoms with E-state index in [0.717, 1.165) is 21.6 Å². The van der Waals surface area contributed by atoms with Gasteiger partial charge in [0.15, 0.2) is 5.60 Å². The molecule has 8 heteroatoms. The van der Waals surface area contributed by atoms with Crippen LogP contribution in [0.2, 0.25) is 0 Å². The number of thiazole rings is 1. The third-order valence-corrected chi connectivity index (χ3v) is 7.43. The second kappa shape index (κ2) is 8.17. The lowest BCUT2D eigenvalue weighted by molar-refractivity contribution is -0.279. The Morgan fingerprint density at radius 1 is 0.906 bits per heavy atom. The van der Waals surface area contributed by atoms with Crippen LogP contribution in [0.4, 0.5) is 13.2 Å². The average molecular weight is 464 g/mol. The van der Waals surface area contributed by atoms with E-state index in [1.807, 2.05) is 55.5 Å². The molecule has 4 rings (SSSR count). The average Bonchev–Trinajstić information content (AvgIpc) is 3.22. The number of ether oxygens (including phenoxy) is 1. The van der Waals surface area contributed by atoms with E-state index in [2.05, 4.69) is 0 Å². The predicted octanol–water partition coefficient (Wildman–Crippen LogP) is 5.85.